The third-order valence-corrected chi connectivity index (χ3v) is 5.00. The summed E-state index contributed by atoms with van der Waals surface area (Å²) in [5, 5.41) is 11.8. The summed E-state index contributed by atoms with van der Waals surface area (Å²) in [4.78, 5) is 11.3. The predicted octanol–water partition coefficient (Wildman–Crippen LogP) is 4.09. The van der Waals surface area contributed by atoms with Crippen LogP contribution in [0.5, 0.6) is 0 Å². The Morgan fingerprint density at radius 2 is 1.96 bits per heavy atom. The van der Waals surface area contributed by atoms with Crippen molar-refractivity contribution in [3.8, 4) is 11.3 Å². The Morgan fingerprint density at radius 1 is 1.15 bits per heavy atom. The number of fused-ring (bicyclic) bond motifs is 1. The van der Waals surface area contributed by atoms with E-state index in [0.717, 1.165) is 47.6 Å². The second-order valence-corrected chi connectivity index (χ2v) is 7.21. The molecule has 1 aliphatic heterocycles. The molecule has 1 aliphatic rings. The molecule has 0 fully saturated rings. The van der Waals surface area contributed by atoms with Crippen LogP contribution in [0.3, 0.4) is 0 Å². The fourth-order valence-electron chi connectivity index (χ4n) is 3.63. The maximum absolute atomic E-state index is 11.3. The summed E-state index contributed by atoms with van der Waals surface area (Å²) in [6, 6.07) is 18.6. The van der Waals surface area contributed by atoms with E-state index >= 15 is 0 Å². The topological polar surface area (TPSA) is 59.0 Å². The maximum atomic E-state index is 11.3. The van der Waals surface area contributed by atoms with Crippen molar-refractivity contribution in [2.75, 3.05) is 10.6 Å². The van der Waals surface area contributed by atoms with Crippen LogP contribution < -0.4 is 10.6 Å². The van der Waals surface area contributed by atoms with Crippen molar-refractivity contribution in [1.29, 1.82) is 0 Å². The number of nitrogens with one attached hydrogen (secondary N) is 2. The molecule has 2 atom stereocenters. The Morgan fingerprint density at radius 3 is 2.74 bits per heavy atom. The number of nitrogens with zero attached hydrogens (tertiary/aromatic N) is 2. The van der Waals surface area contributed by atoms with Gasteiger partial charge in [-0.25, -0.2) is 0 Å². The summed E-state index contributed by atoms with van der Waals surface area (Å²) >= 11 is 0. The largest absolute Gasteiger partial charge is 0.380 e. The van der Waals surface area contributed by atoms with Crippen LogP contribution in [-0.4, -0.2) is 28.2 Å². The minimum absolute atomic E-state index is 0.179. The number of hydrogen-bond donors (Lipinski definition) is 2. The first-order valence-corrected chi connectivity index (χ1v) is 9.34. The molecule has 138 valence electrons. The van der Waals surface area contributed by atoms with Crippen LogP contribution in [0.15, 0.2) is 54.6 Å². The highest BCUT2D eigenvalue weighted by Gasteiger charge is 2.22. The van der Waals surface area contributed by atoms with Crippen molar-refractivity contribution in [2.45, 2.75) is 38.9 Å². The molecule has 0 amide bonds. The number of benzene rings is 2. The van der Waals surface area contributed by atoms with Crippen molar-refractivity contribution >= 4 is 17.7 Å². The quantitative estimate of drug-likeness (QED) is 0.688. The Bertz CT molecular complexity index is 948. The van der Waals surface area contributed by atoms with Gasteiger partial charge in [0.25, 0.3) is 0 Å². The normalized spacial score (nSPS) is 18.7. The molecule has 0 spiro atoms. The lowest BCUT2D eigenvalue weighted by Gasteiger charge is -2.15. The monoisotopic (exact) mass is 360 g/mol. The van der Waals surface area contributed by atoms with E-state index in [9.17, 15) is 4.79 Å². The van der Waals surface area contributed by atoms with Crippen LogP contribution in [0.4, 0.5) is 11.4 Å². The lowest BCUT2D eigenvalue weighted by molar-refractivity contribution is -0.108. The van der Waals surface area contributed by atoms with Crippen LogP contribution in [0.2, 0.25) is 0 Å². The Kier molecular flexibility index (Phi) is 4.67. The van der Waals surface area contributed by atoms with Crippen LogP contribution in [0.1, 0.15) is 24.6 Å². The first kappa shape index (κ1) is 17.3. The molecule has 2 N–H and O–H groups in total. The molecule has 0 aliphatic carbocycles. The fraction of sp³-hybridized carbons (Fsp3) is 0.273. The van der Waals surface area contributed by atoms with E-state index in [2.05, 4.69) is 48.7 Å². The number of carbonyl (C=O) groups excluding carboxylic acids is 1. The Hall–Kier alpha value is -3.08. The molecule has 2 aromatic carbocycles. The zero-order valence-corrected chi connectivity index (χ0v) is 15.6. The number of carbonyl (C=O) groups is 1. The van der Waals surface area contributed by atoms with E-state index in [1.165, 1.54) is 5.56 Å². The van der Waals surface area contributed by atoms with Gasteiger partial charge in [-0.2, -0.15) is 5.10 Å². The smallest absolute Gasteiger partial charge is 0.142 e. The van der Waals surface area contributed by atoms with Gasteiger partial charge in [-0.3, -0.25) is 4.68 Å². The molecule has 27 heavy (non-hydrogen) atoms. The highest BCUT2D eigenvalue weighted by atomic mass is 16.1. The number of rotatable bonds is 4. The maximum Gasteiger partial charge on any atom is 0.142 e. The molecular formula is C22H24N4O. The molecule has 5 heteroatoms. The summed E-state index contributed by atoms with van der Waals surface area (Å²) in [6.07, 6.45) is 1.73. The van der Waals surface area contributed by atoms with Gasteiger partial charge < -0.3 is 15.4 Å². The van der Waals surface area contributed by atoms with Crippen molar-refractivity contribution in [1.82, 2.24) is 9.78 Å². The number of aromatic nitrogens is 2. The number of anilines is 2. The molecule has 0 bridgehead atoms. The number of aryl methyl sites for hydroxylation is 1. The molecule has 2 heterocycles. The lowest BCUT2D eigenvalue weighted by Crippen LogP contribution is -2.25. The number of hydrogen-bond acceptors (Lipinski definition) is 4. The molecule has 0 saturated heterocycles. The molecule has 0 saturated carbocycles. The van der Waals surface area contributed by atoms with E-state index in [1.807, 2.05) is 35.0 Å². The minimum Gasteiger partial charge on any atom is -0.380 e. The van der Waals surface area contributed by atoms with Crippen LogP contribution >= 0.6 is 0 Å². The van der Waals surface area contributed by atoms with E-state index in [1.54, 1.807) is 0 Å². The first-order chi connectivity index (χ1) is 13.1. The molecule has 4 rings (SSSR count). The summed E-state index contributed by atoms with van der Waals surface area (Å²) in [5.41, 5.74) is 6.29. The van der Waals surface area contributed by atoms with Crippen molar-refractivity contribution in [3.05, 3.63) is 65.9 Å². The molecule has 1 aromatic heterocycles. The van der Waals surface area contributed by atoms with Gasteiger partial charge in [0.15, 0.2) is 0 Å². The highest BCUT2D eigenvalue weighted by Crippen LogP contribution is 2.37. The Labute approximate surface area is 159 Å². The average molecular weight is 360 g/mol. The molecule has 5 nitrogen and oxygen atoms in total. The highest BCUT2D eigenvalue weighted by molar-refractivity contribution is 5.88. The molecule has 0 radical (unpaired) electrons. The standard InChI is InChI=1S/C22H24N4O/c1-15-11-18(14-27)24-20-10-6-9-19(22(20)23-15)21-12-16(2)26(25-21)13-17-7-4-3-5-8-17/h3-10,12,14-15,18,23-24H,11,13H2,1-2H3/t15-,18?/m1/s1. The SMILES string of the molecule is Cc1cc(-c2cccc3c2N[C@H](C)CC(C=O)N3)nn1Cc1ccccc1. The zero-order chi connectivity index (χ0) is 18.8. The van der Waals surface area contributed by atoms with E-state index < -0.39 is 0 Å². The molecule has 1 unspecified atom stereocenters. The van der Waals surface area contributed by atoms with Crippen LogP contribution in [-0.2, 0) is 11.3 Å². The summed E-state index contributed by atoms with van der Waals surface area (Å²) in [5.74, 6) is 0. The lowest BCUT2D eigenvalue weighted by atomic mass is 10.1. The fourth-order valence-corrected chi connectivity index (χ4v) is 3.63. The van der Waals surface area contributed by atoms with Gasteiger partial charge in [-0.1, -0.05) is 42.5 Å². The first-order valence-electron chi connectivity index (χ1n) is 9.34. The summed E-state index contributed by atoms with van der Waals surface area (Å²) in [6.45, 7) is 4.93. The second-order valence-electron chi connectivity index (χ2n) is 7.21. The van der Waals surface area contributed by atoms with Gasteiger partial charge >= 0.3 is 0 Å². The van der Waals surface area contributed by atoms with Crippen molar-refractivity contribution in [2.24, 2.45) is 0 Å². The zero-order valence-electron chi connectivity index (χ0n) is 15.6. The summed E-state index contributed by atoms with van der Waals surface area (Å²) < 4.78 is 2.03. The van der Waals surface area contributed by atoms with Gasteiger partial charge in [0.1, 0.15) is 6.29 Å². The van der Waals surface area contributed by atoms with Crippen LogP contribution in [0, 0.1) is 6.92 Å². The number of para-hydroxylation sites is 1. The van der Waals surface area contributed by atoms with Gasteiger partial charge in [-0.15, -0.1) is 0 Å². The van der Waals surface area contributed by atoms with Gasteiger partial charge in [-0.05, 0) is 38.0 Å². The molecular weight excluding hydrogens is 336 g/mol. The minimum atomic E-state index is -0.179. The Balaban J connectivity index is 1.71. The molecule has 3 aromatic rings. The summed E-state index contributed by atoms with van der Waals surface area (Å²) in [7, 11) is 0. The van der Waals surface area contributed by atoms with E-state index in [0.29, 0.717) is 0 Å². The third kappa shape index (κ3) is 3.58. The van der Waals surface area contributed by atoms with Crippen molar-refractivity contribution < 1.29 is 4.79 Å². The van der Waals surface area contributed by atoms with Gasteiger partial charge in [0.2, 0.25) is 0 Å². The second kappa shape index (κ2) is 7.27. The predicted molar refractivity (Wildman–Crippen MR) is 109 cm³/mol. The number of aldehydes is 1. The third-order valence-electron chi connectivity index (χ3n) is 5.00. The van der Waals surface area contributed by atoms with E-state index in [4.69, 9.17) is 5.10 Å². The van der Waals surface area contributed by atoms with Crippen molar-refractivity contribution in [3.63, 3.8) is 0 Å². The van der Waals surface area contributed by atoms with Crippen LogP contribution in [0.25, 0.3) is 11.3 Å². The average Bonchev–Trinajstić information content (AvgIpc) is 2.93. The van der Waals surface area contributed by atoms with Gasteiger partial charge in [0, 0.05) is 17.3 Å². The van der Waals surface area contributed by atoms with E-state index in [-0.39, 0.29) is 12.1 Å². The van der Waals surface area contributed by atoms with Gasteiger partial charge in [0.05, 0.1) is 29.7 Å².